The number of thiophene rings is 1. The Morgan fingerprint density at radius 3 is 2.73 bits per heavy atom. The fourth-order valence-electron chi connectivity index (χ4n) is 0.806. The first-order valence-corrected chi connectivity index (χ1v) is 4.67. The number of halogens is 1. The molecule has 0 aliphatic carbocycles. The second kappa shape index (κ2) is 3.37. The Bertz CT molecular complexity index is 265. The number of hydrogen-bond donors (Lipinski definition) is 0. The van der Waals surface area contributed by atoms with Gasteiger partial charge >= 0.3 is 0 Å². The van der Waals surface area contributed by atoms with E-state index in [0.29, 0.717) is 0 Å². The molecule has 1 rings (SSSR count). The van der Waals surface area contributed by atoms with E-state index >= 15 is 0 Å². The lowest BCUT2D eigenvalue weighted by atomic mass is 10.2. The molecule has 0 radical (unpaired) electrons. The monoisotopic (exact) mass is 188 g/mol. The third-order valence-corrected chi connectivity index (χ3v) is 2.68. The van der Waals surface area contributed by atoms with Crippen LogP contribution in [-0.4, -0.2) is 11.2 Å². The minimum atomic E-state index is -0.410. The molecule has 0 fully saturated rings. The van der Waals surface area contributed by atoms with Gasteiger partial charge in [-0.05, 0) is 30.9 Å². The van der Waals surface area contributed by atoms with Gasteiger partial charge in [0.15, 0.2) is 5.78 Å². The molecule has 11 heavy (non-hydrogen) atoms. The molecule has 1 aromatic heterocycles. The molecule has 1 atom stereocenters. The van der Waals surface area contributed by atoms with Gasteiger partial charge < -0.3 is 0 Å². The van der Waals surface area contributed by atoms with Gasteiger partial charge in [-0.2, -0.15) is 0 Å². The maximum absolute atomic E-state index is 11.3. The van der Waals surface area contributed by atoms with Crippen molar-refractivity contribution < 1.29 is 4.79 Å². The smallest absolute Gasteiger partial charge is 0.190 e. The lowest BCUT2D eigenvalue weighted by Gasteiger charge is -1.99. The summed E-state index contributed by atoms with van der Waals surface area (Å²) < 4.78 is 0. The summed E-state index contributed by atoms with van der Waals surface area (Å²) in [5.74, 6) is 0.0270. The van der Waals surface area contributed by atoms with Gasteiger partial charge in [-0.3, -0.25) is 4.79 Å². The molecule has 3 heteroatoms. The van der Waals surface area contributed by atoms with Gasteiger partial charge in [-0.25, -0.2) is 0 Å². The molecule has 60 valence electrons. The first-order valence-electron chi connectivity index (χ1n) is 3.35. The van der Waals surface area contributed by atoms with Gasteiger partial charge in [0.25, 0.3) is 0 Å². The zero-order valence-corrected chi connectivity index (χ0v) is 8.00. The third-order valence-electron chi connectivity index (χ3n) is 1.45. The van der Waals surface area contributed by atoms with Crippen LogP contribution < -0.4 is 0 Å². The predicted octanol–water partition coefficient (Wildman–Crippen LogP) is 2.87. The Morgan fingerprint density at radius 1 is 1.73 bits per heavy atom. The minimum Gasteiger partial charge on any atom is -0.292 e. The molecule has 0 N–H and O–H groups in total. The van der Waals surface area contributed by atoms with E-state index in [1.165, 1.54) is 11.3 Å². The summed E-state index contributed by atoms with van der Waals surface area (Å²) in [6.45, 7) is 3.62. The topological polar surface area (TPSA) is 17.1 Å². The minimum absolute atomic E-state index is 0.0270. The molecule has 0 spiro atoms. The molecule has 0 saturated heterocycles. The summed E-state index contributed by atoms with van der Waals surface area (Å²) in [6.07, 6.45) is 0. The maximum Gasteiger partial charge on any atom is 0.190 e. The van der Waals surface area contributed by atoms with Crippen molar-refractivity contribution >= 4 is 28.7 Å². The van der Waals surface area contributed by atoms with Crippen LogP contribution in [0.4, 0.5) is 0 Å². The van der Waals surface area contributed by atoms with Gasteiger partial charge in [-0.1, -0.05) is 0 Å². The van der Waals surface area contributed by atoms with Crippen molar-refractivity contribution in [3.8, 4) is 0 Å². The van der Waals surface area contributed by atoms with E-state index in [2.05, 4.69) is 0 Å². The Morgan fingerprint density at radius 2 is 2.36 bits per heavy atom. The summed E-state index contributed by atoms with van der Waals surface area (Å²) in [7, 11) is 0. The van der Waals surface area contributed by atoms with Crippen molar-refractivity contribution in [3.63, 3.8) is 0 Å². The van der Waals surface area contributed by atoms with E-state index in [1.807, 2.05) is 18.4 Å². The Balaban J connectivity index is 2.93. The summed E-state index contributed by atoms with van der Waals surface area (Å²) in [5, 5.41) is 1.49. The highest BCUT2D eigenvalue weighted by Gasteiger charge is 2.15. The summed E-state index contributed by atoms with van der Waals surface area (Å²) in [5.41, 5.74) is 1.02. The molecular formula is C8H9ClOS. The number of Topliss-reactive ketones (excluding diaryl/α,β-unsaturated/α-hetero) is 1. The first-order chi connectivity index (χ1) is 5.13. The van der Waals surface area contributed by atoms with Gasteiger partial charge in [0.1, 0.15) is 0 Å². The molecule has 0 saturated carbocycles. The molecule has 1 nitrogen and oxygen atoms in total. The quantitative estimate of drug-likeness (QED) is 0.515. The normalized spacial score (nSPS) is 13.0. The fraction of sp³-hybridized carbons (Fsp3) is 0.375. The molecule has 1 unspecified atom stereocenters. The number of alkyl halides is 1. The lowest BCUT2D eigenvalue weighted by Crippen LogP contribution is -2.09. The van der Waals surface area contributed by atoms with Crippen molar-refractivity contribution in [3.05, 3.63) is 21.9 Å². The van der Waals surface area contributed by atoms with Crippen LogP contribution in [0.15, 0.2) is 11.4 Å². The molecule has 1 aromatic rings. The Labute approximate surface area is 75.0 Å². The van der Waals surface area contributed by atoms with Crippen LogP contribution in [0, 0.1) is 6.92 Å². The average molecular weight is 189 g/mol. The zero-order valence-electron chi connectivity index (χ0n) is 6.43. The molecule has 0 aliphatic heterocycles. The maximum atomic E-state index is 11.3. The van der Waals surface area contributed by atoms with E-state index in [0.717, 1.165) is 10.4 Å². The summed E-state index contributed by atoms with van der Waals surface area (Å²) in [4.78, 5) is 12.1. The van der Waals surface area contributed by atoms with Crippen molar-refractivity contribution in [2.24, 2.45) is 0 Å². The SMILES string of the molecule is Cc1ccsc1C(=O)C(C)Cl. The molecule has 0 bridgehead atoms. The number of hydrogen-bond acceptors (Lipinski definition) is 2. The average Bonchev–Trinajstić information content (AvgIpc) is 2.33. The van der Waals surface area contributed by atoms with Gasteiger partial charge in [0.05, 0.1) is 10.3 Å². The second-order valence-corrected chi connectivity index (χ2v) is 3.98. The largest absolute Gasteiger partial charge is 0.292 e. The van der Waals surface area contributed by atoms with Crippen LogP contribution >= 0.6 is 22.9 Å². The van der Waals surface area contributed by atoms with Crippen LogP contribution in [0.2, 0.25) is 0 Å². The van der Waals surface area contributed by atoms with Crippen molar-refractivity contribution in [1.82, 2.24) is 0 Å². The van der Waals surface area contributed by atoms with Crippen LogP contribution in [0.1, 0.15) is 22.2 Å². The number of rotatable bonds is 2. The van der Waals surface area contributed by atoms with Crippen LogP contribution in [0.25, 0.3) is 0 Å². The molecule has 0 aromatic carbocycles. The molecular weight excluding hydrogens is 180 g/mol. The summed E-state index contributed by atoms with van der Waals surface area (Å²) >= 11 is 7.10. The van der Waals surface area contributed by atoms with Gasteiger partial charge in [0.2, 0.25) is 0 Å². The van der Waals surface area contributed by atoms with Gasteiger partial charge in [0, 0.05) is 0 Å². The molecule has 0 amide bonds. The number of aryl methyl sites for hydroxylation is 1. The highest BCUT2D eigenvalue weighted by molar-refractivity contribution is 7.12. The van der Waals surface area contributed by atoms with E-state index < -0.39 is 5.38 Å². The summed E-state index contributed by atoms with van der Waals surface area (Å²) in [6, 6.07) is 1.93. The Hall–Kier alpha value is -0.340. The second-order valence-electron chi connectivity index (χ2n) is 2.41. The Kier molecular flexibility index (Phi) is 2.68. The van der Waals surface area contributed by atoms with E-state index in [4.69, 9.17) is 11.6 Å². The van der Waals surface area contributed by atoms with Gasteiger partial charge in [-0.15, -0.1) is 22.9 Å². The highest BCUT2D eigenvalue weighted by atomic mass is 35.5. The van der Waals surface area contributed by atoms with E-state index in [-0.39, 0.29) is 5.78 Å². The predicted molar refractivity (Wildman–Crippen MR) is 48.7 cm³/mol. The number of carbonyl (C=O) groups excluding carboxylic acids is 1. The van der Waals surface area contributed by atoms with Crippen molar-refractivity contribution in [1.29, 1.82) is 0 Å². The number of carbonyl (C=O) groups is 1. The molecule has 1 heterocycles. The standard InChI is InChI=1S/C8H9ClOS/c1-5-3-4-11-8(5)7(10)6(2)9/h3-4,6H,1-2H3. The first kappa shape index (κ1) is 8.75. The lowest BCUT2D eigenvalue weighted by molar-refractivity contribution is 0.0995. The molecule has 0 aliphatic rings. The fourth-order valence-corrected chi connectivity index (χ4v) is 1.93. The van der Waals surface area contributed by atoms with E-state index in [1.54, 1.807) is 6.92 Å². The van der Waals surface area contributed by atoms with Crippen molar-refractivity contribution in [2.75, 3.05) is 0 Å². The van der Waals surface area contributed by atoms with Crippen LogP contribution in [0.3, 0.4) is 0 Å². The highest BCUT2D eigenvalue weighted by Crippen LogP contribution is 2.18. The third kappa shape index (κ3) is 1.82. The van der Waals surface area contributed by atoms with Crippen LogP contribution in [0.5, 0.6) is 0 Å². The van der Waals surface area contributed by atoms with Crippen molar-refractivity contribution in [2.45, 2.75) is 19.2 Å². The zero-order chi connectivity index (χ0) is 8.43. The van der Waals surface area contributed by atoms with Crippen LogP contribution in [-0.2, 0) is 0 Å². The number of ketones is 1. The van der Waals surface area contributed by atoms with E-state index in [9.17, 15) is 4.79 Å².